The van der Waals surface area contributed by atoms with E-state index in [-0.39, 0.29) is 49.1 Å². The Morgan fingerprint density at radius 1 is 0.900 bits per heavy atom. The number of hydrogen-bond donors (Lipinski definition) is 2. The molecule has 10 nitrogen and oxygen atoms in total. The van der Waals surface area contributed by atoms with Crippen molar-refractivity contribution < 1.29 is 33.5 Å². The monoisotopic (exact) mass is 555 g/mol. The number of carbonyl (C=O) groups excluding carboxylic acids is 6. The van der Waals surface area contributed by atoms with Crippen LogP contribution in [0, 0.1) is 17.3 Å². The molecule has 0 bridgehead atoms. The molecule has 2 rings (SSSR count). The number of benzene rings is 1. The fraction of sp³-hybridized carbons (Fsp3) is 0.533. The maximum Gasteiger partial charge on any atom is 0.306 e. The number of nitrogens with zero attached hydrogens (tertiary/aromatic N) is 1. The topological polar surface area (TPSA) is 139 Å². The van der Waals surface area contributed by atoms with Crippen molar-refractivity contribution in [2.24, 2.45) is 17.3 Å². The number of Topliss-reactive ketones (excluding diaryl/α,β-unsaturated/α-hetero) is 1. The quantitative estimate of drug-likeness (QED) is 0.264. The molecule has 0 aliphatic carbocycles. The Hall–Kier alpha value is -3.82. The van der Waals surface area contributed by atoms with Crippen molar-refractivity contribution in [3.63, 3.8) is 0 Å². The second kappa shape index (κ2) is 14.5. The molecule has 0 aromatic heterocycles. The molecule has 0 saturated carbocycles. The Kier molecular flexibility index (Phi) is 11.8. The van der Waals surface area contributed by atoms with Crippen molar-refractivity contribution in [3.8, 4) is 0 Å². The van der Waals surface area contributed by atoms with Crippen molar-refractivity contribution in [1.29, 1.82) is 0 Å². The first kappa shape index (κ1) is 32.4. The van der Waals surface area contributed by atoms with Crippen LogP contribution in [0.3, 0.4) is 0 Å². The number of imide groups is 1. The van der Waals surface area contributed by atoms with E-state index in [1.165, 1.54) is 0 Å². The number of hydrogen-bond acceptors (Lipinski definition) is 7. The molecular formula is C30H41N3O7. The summed E-state index contributed by atoms with van der Waals surface area (Å²) in [5.41, 5.74) is 1.35. The Labute approximate surface area is 235 Å². The van der Waals surface area contributed by atoms with Gasteiger partial charge in [0.25, 0.3) is 11.8 Å². The van der Waals surface area contributed by atoms with Crippen LogP contribution in [0.5, 0.6) is 0 Å². The number of ether oxygens (including phenoxy) is 1. The summed E-state index contributed by atoms with van der Waals surface area (Å²) in [6.45, 7) is 11.5. The fourth-order valence-electron chi connectivity index (χ4n) is 3.90. The molecule has 4 amide bonds. The second-order valence-electron chi connectivity index (χ2n) is 11.6. The van der Waals surface area contributed by atoms with E-state index in [0.717, 1.165) is 29.0 Å². The standard InChI is InChI=1S/C30H41N3O7/c1-19(2)24(17-23(34)14-16-33-25(35)11-12-26(33)36)29(39)31-20(3)28(38)32-22-9-7-21(8-10-22)18-40-27(37)13-15-30(4,5)6/h7-12,19-20,24H,13-18H2,1-6H3,(H,31,39)(H,32,38)/t20-,24-/m0/s1. The molecule has 0 spiro atoms. The SMILES string of the molecule is CC(C)[C@H](CC(=O)CCN1C(=O)C=CC1=O)C(=O)N[C@@H](C)C(=O)Nc1ccc(COC(=O)CCC(C)(C)C)cc1. The van der Waals surface area contributed by atoms with E-state index in [4.69, 9.17) is 4.74 Å². The lowest BCUT2D eigenvalue weighted by atomic mass is 9.89. The van der Waals surface area contributed by atoms with Crippen LogP contribution in [0.15, 0.2) is 36.4 Å². The summed E-state index contributed by atoms with van der Waals surface area (Å²) >= 11 is 0. The highest BCUT2D eigenvalue weighted by Crippen LogP contribution is 2.21. The van der Waals surface area contributed by atoms with E-state index >= 15 is 0 Å². The van der Waals surface area contributed by atoms with Crippen molar-refractivity contribution >= 4 is 41.1 Å². The minimum Gasteiger partial charge on any atom is -0.461 e. The lowest BCUT2D eigenvalue weighted by molar-refractivity contribution is -0.145. The molecule has 1 aliphatic rings. The van der Waals surface area contributed by atoms with Gasteiger partial charge < -0.3 is 15.4 Å². The third-order valence-electron chi connectivity index (χ3n) is 6.56. The Balaban J connectivity index is 1.82. The van der Waals surface area contributed by atoms with Gasteiger partial charge in [-0.15, -0.1) is 0 Å². The molecule has 10 heteroatoms. The van der Waals surface area contributed by atoms with Gasteiger partial charge >= 0.3 is 5.97 Å². The first-order valence-electron chi connectivity index (χ1n) is 13.6. The van der Waals surface area contributed by atoms with Crippen molar-refractivity contribution in [3.05, 3.63) is 42.0 Å². The molecule has 1 aromatic carbocycles. The summed E-state index contributed by atoms with van der Waals surface area (Å²) in [6, 6.07) is 6.00. The van der Waals surface area contributed by atoms with Crippen LogP contribution >= 0.6 is 0 Å². The average molecular weight is 556 g/mol. The van der Waals surface area contributed by atoms with E-state index < -0.39 is 35.6 Å². The highest BCUT2D eigenvalue weighted by Gasteiger charge is 2.29. The van der Waals surface area contributed by atoms with Crippen LogP contribution in [0.2, 0.25) is 0 Å². The first-order chi connectivity index (χ1) is 18.7. The number of amides is 4. The smallest absolute Gasteiger partial charge is 0.306 e. The maximum atomic E-state index is 12.9. The van der Waals surface area contributed by atoms with Gasteiger partial charge in [0, 0.05) is 49.6 Å². The number of nitrogens with one attached hydrogen (secondary N) is 2. The van der Waals surface area contributed by atoms with Gasteiger partial charge in [0.15, 0.2) is 0 Å². The molecule has 1 aromatic rings. The fourth-order valence-corrected chi connectivity index (χ4v) is 3.90. The van der Waals surface area contributed by atoms with E-state index in [1.54, 1.807) is 31.2 Å². The minimum atomic E-state index is -0.863. The lowest BCUT2D eigenvalue weighted by Crippen LogP contribution is -2.45. The van der Waals surface area contributed by atoms with E-state index in [1.807, 2.05) is 13.8 Å². The van der Waals surface area contributed by atoms with Gasteiger partial charge in [-0.05, 0) is 42.4 Å². The Morgan fingerprint density at radius 3 is 2.05 bits per heavy atom. The third kappa shape index (κ3) is 10.7. The summed E-state index contributed by atoms with van der Waals surface area (Å²) in [5, 5.41) is 5.42. The molecule has 0 radical (unpaired) electrons. The summed E-state index contributed by atoms with van der Waals surface area (Å²) in [5.74, 6) is -3.12. The average Bonchev–Trinajstić information content (AvgIpc) is 3.20. The number of anilines is 1. The largest absolute Gasteiger partial charge is 0.461 e. The molecule has 0 unspecified atom stereocenters. The highest BCUT2D eigenvalue weighted by molar-refractivity contribution is 6.13. The number of esters is 1. The summed E-state index contributed by atoms with van der Waals surface area (Å²) in [4.78, 5) is 74.4. The zero-order valence-electron chi connectivity index (χ0n) is 24.2. The zero-order chi connectivity index (χ0) is 30.0. The van der Waals surface area contributed by atoms with E-state index in [2.05, 4.69) is 31.4 Å². The molecule has 40 heavy (non-hydrogen) atoms. The predicted octanol–water partition coefficient (Wildman–Crippen LogP) is 3.55. The van der Waals surface area contributed by atoms with Crippen molar-refractivity contribution in [2.75, 3.05) is 11.9 Å². The van der Waals surface area contributed by atoms with Gasteiger partial charge in [-0.3, -0.25) is 33.7 Å². The van der Waals surface area contributed by atoms with Crippen LogP contribution in [0.4, 0.5) is 5.69 Å². The molecule has 1 heterocycles. The Bertz CT molecular complexity index is 1110. The summed E-state index contributed by atoms with van der Waals surface area (Å²) in [7, 11) is 0. The van der Waals surface area contributed by atoms with Crippen molar-refractivity contribution in [1.82, 2.24) is 10.2 Å². The predicted molar refractivity (Wildman–Crippen MR) is 150 cm³/mol. The molecule has 0 fully saturated rings. The van der Waals surface area contributed by atoms with E-state index in [9.17, 15) is 28.8 Å². The van der Waals surface area contributed by atoms with E-state index in [0.29, 0.717) is 12.1 Å². The molecule has 0 saturated heterocycles. The minimum absolute atomic E-state index is 0.0346. The summed E-state index contributed by atoms with van der Waals surface area (Å²) in [6.07, 6.45) is 3.29. The number of rotatable bonds is 14. The van der Waals surface area contributed by atoms with Crippen molar-refractivity contribution in [2.45, 2.75) is 79.9 Å². The molecular weight excluding hydrogens is 514 g/mol. The van der Waals surface area contributed by atoms with Gasteiger partial charge in [-0.2, -0.15) is 0 Å². The maximum absolute atomic E-state index is 12.9. The van der Waals surface area contributed by atoms with Crippen LogP contribution in [0.25, 0.3) is 0 Å². The highest BCUT2D eigenvalue weighted by atomic mass is 16.5. The van der Waals surface area contributed by atoms with Gasteiger partial charge in [0.2, 0.25) is 11.8 Å². The first-order valence-corrected chi connectivity index (χ1v) is 13.6. The lowest BCUT2D eigenvalue weighted by Gasteiger charge is -2.22. The van der Waals surface area contributed by atoms with Gasteiger partial charge in [0.1, 0.15) is 18.4 Å². The zero-order valence-corrected chi connectivity index (χ0v) is 24.2. The molecule has 2 N–H and O–H groups in total. The summed E-state index contributed by atoms with van der Waals surface area (Å²) < 4.78 is 5.31. The van der Waals surface area contributed by atoms with Gasteiger partial charge in [-0.25, -0.2) is 0 Å². The third-order valence-corrected chi connectivity index (χ3v) is 6.56. The number of carbonyl (C=O) groups is 6. The second-order valence-corrected chi connectivity index (χ2v) is 11.6. The van der Waals surface area contributed by atoms with Crippen LogP contribution in [0.1, 0.15) is 72.8 Å². The Morgan fingerprint density at radius 2 is 1.50 bits per heavy atom. The van der Waals surface area contributed by atoms with Gasteiger partial charge in [-0.1, -0.05) is 46.8 Å². The number of ketones is 1. The molecule has 2 atom stereocenters. The molecule has 1 aliphatic heterocycles. The molecule has 218 valence electrons. The van der Waals surface area contributed by atoms with Crippen LogP contribution < -0.4 is 10.6 Å². The normalized spacial score (nSPS) is 14.7. The van der Waals surface area contributed by atoms with Crippen LogP contribution in [-0.4, -0.2) is 52.9 Å². The van der Waals surface area contributed by atoms with Gasteiger partial charge in [0.05, 0.1) is 0 Å². The van der Waals surface area contributed by atoms with Crippen LogP contribution in [-0.2, 0) is 40.1 Å².